The van der Waals surface area contributed by atoms with Gasteiger partial charge in [-0.2, -0.15) is 0 Å². The van der Waals surface area contributed by atoms with Crippen molar-refractivity contribution in [3.63, 3.8) is 0 Å². The molecule has 1 aromatic carbocycles. The topological polar surface area (TPSA) is 113 Å². The molecule has 2 rings (SSSR count). The van der Waals surface area contributed by atoms with Crippen LogP contribution in [-0.2, 0) is 6.42 Å². The Bertz CT molecular complexity index is 895. The van der Waals surface area contributed by atoms with Gasteiger partial charge in [0.05, 0.1) is 10.5 Å². The van der Waals surface area contributed by atoms with Crippen LogP contribution in [0.2, 0.25) is 0 Å². The van der Waals surface area contributed by atoms with E-state index in [1.165, 1.54) is 11.2 Å². The molecule has 28 heavy (non-hydrogen) atoms. The van der Waals surface area contributed by atoms with Gasteiger partial charge in [0.25, 0.3) is 11.6 Å². The van der Waals surface area contributed by atoms with E-state index in [1.807, 2.05) is 13.8 Å². The summed E-state index contributed by atoms with van der Waals surface area (Å²) >= 11 is 0. The molecule has 2 aromatic rings. The molecular formula is C19H26N6O3. The summed E-state index contributed by atoms with van der Waals surface area (Å²) in [5, 5.41) is 17.9. The van der Waals surface area contributed by atoms with Crippen molar-refractivity contribution < 1.29 is 9.72 Å². The molecule has 0 radical (unpaired) electrons. The van der Waals surface area contributed by atoms with Crippen LogP contribution in [0.4, 0.5) is 23.0 Å². The molecule has 0 atom stereocenters. The molecule has 0 saturated heterocycles. The summed E-state index contributed by atoms with van der Waals surface area (Å²) in [6, 6.07) is 3.28. The number of hydrogen-bond acceptors (Lipinski definition) is 7. The Morgan fingerprint density at radius 2 is 1.89 bits per heavy atom. The fourth-order valence-corrected chi connectivity index (χ4v) is 3.01. The number of rotatable bonds is 7. The monoisotopic (exact) mass is 386 g/mol. The first-order chi connectivity index (χ1) is 13.1. The number of nitrogens with zero attached hydrogens (tertiary/aromatic N) is 4. The molecule has 1 heterocycles. The molecule has 150 valence electrons. The van der Waals surface area contributed by atoms with Gasteiger partial charge in [-0.15, -0.1) is 0 Å². The van der Waals surface area contributed by atoms with Crippen LogP contribution in [-0.4, -0.2) is 46.8 Å². The Morgan fingerprint density at radius 3 is 2.43 bits per heavy atom. The summed E-state index contributed by atoms with van der Waals surface area (Å²) in [6.45, 7) is 5.72. The van der Waals surface area contributed by atoms with Crippen molar-refractivity contribution in [1.29, 1.82) is 0 Å². The fourth-order valence-electron chi connectivity index (χ4n) is 3.01. The summed E-state index contributed by atoms with van der Waals surface area (Å²) in [5.74, 6) is 0.891. The zero-order valence-electron chi connectivity index (χ0n) is 17.0. The molecule has 1 aromatic heterocycles. The Labute approximate surface area is 164 Å². The number of aryl methyl sites for hydroxylation is 1. The number of amides is 1. The van der Waals surface area contributed by atoms with E-state index in [0.717, 1.165) is 0 Å². The highest BCUT2D eigenvalue weighted by Gasteiger charge is 2.29. The predicted molar refractivity (Wildman–Crippen MR) is 109 cm³/mol. The summed E-state index contributed by atoms with van der Waals surface area (Å²) < 4.78 is 0. The molecule has 0 aliphatic carbocycles. The van der Waals surface area contributed by atoms with Crippen LogP contribution < -0.4 is 10.6 Å². The second-order valence-electron chi connectivity index (χ2n) is 7.16. The van der Waals surface area contributed by atoms with E-state index in [9.17, 15) is 14.9 Å². The SMILES string of the molecule is CNc1cc(Nc2cc(C)c(C(=O)N(C)C)c(CC(C)C)c2[N+](=O)[O-])ncn1. The summed E-state index contributed by atoms with van der Waals surface area (Å²) in [7, 11) is 5.00. The van der Waals surface area contributed by atoms with Crippen molar-refractivity contribution in [2.75, 3.05) is 31.8 Å². The number of nitro benzene ring substituents is 1. The molecule has 0 spiro atoms. The van der Waals surface area contributed by atoms with Crippen LogP contribution in [0.5, 0.6) is 0 Å². The minimum absolute atomic E-state index is 0.103. The molecule has 1 amide bonds. The van der Waals surface area contributed by atoms with Crippen LogP contribution in [0.25, 0.3) is 0 Å². The Kier molecular flexibility index (Phi) is 6.50. The van der Waals surface area contributed by atoms with Crippen LogP contribution in [0.3, 0.4) is 0 Å². The third kappa shape index (κ3) is 4.54. The van der Waals surface area contributed by atoms with E-state index in [-0.39, 0.29) is 17.5 Å². The third-order valence-corrected chi connectivity index (χ3v) is 4.20. The number of carbonyl (C=O) groups is 1. The van der Waals surface area contributed by atoms with E-state index in [2.05, 4.69) is 20.6 Å². The van der Waals surface area contributed by atoms with Gasteiger partial charge in [0, 0.05) is 32.8 Å². The van der Waals surface area contributed by atoms with Gasteiger partial charge >= 0.3 is 0 Å². The first kappa shape index (κ1) is 21.1. The van der Waals surface area contributed by atoms with Crippen molar-refractivity contribution in [2.45, 2.75) is 27.2 Å². The van der Waals surface area contributed by atoms with Crippen LogP contribution in [0, 0.1) is 23.0 Å². The number of nitro groups is 1. The van der Waals surface area contributed by atoms with E-state index >= 15 is 0 Å². The predicted octanol–water partition coefficient (Wildman–Crippen LogP) is 3.38. The molecule has 0 unspecified atom stereocenters. The van der Waals surface area contributed by atoms with E-state index in [4.69, 9.17) is 0 Å². The highest BCUT2D eigenvalue weighted by molar-refractivity contribution is 5.99. The van der Waals surface area contributed by atoms with E-state index in [0.29, 0.717) is 40.4 Å². The molecule has 0 saturated carbocycles. The molecule has 0 bridgehead atoms. The second kappa shape index (κ2) is 8.64. The fraction of sp³-hybridized carbons (Fsp3) is 0.421. The number of aromatic nitrogens is 2. The van der Waals surface area contributed by atoms with Gasteiger partial charge in [-0.1, -0.05) is 13.8 Å². The van der Waals surface area contributed by atoms with Gasteiger partial charge < -0.3 is 15.5 Å². The quantitative estimate of drug-likeness (QED) is 0.554. The minimum Gasteiger partial charge on any atom is -0.373 e. The Balaban J connectivity index is 2.70. The van der Waals surface area contributed by atoms with Gasteiger partial charge in [-0.25, -0.2) is 9.97 Å². The third-order valence-electron chi connectivity index (χ3n) is 4.20. The van der Waals surface area contributed by atoms with Crippen molar-refractivity contribution in [3.05, 3.63) is 45.3 Å². The summed E-state index contributed by atoms with van der Waals surface area (Å²) in [6.07, 6.45) is 1.78. The van der Waals surface area contributed by atoms with Crippen molar-refractivity contribution in [1.82, 2.24) is 14.9 Å². The van der Waals surface area contributed by atoms with Crippen molar-refractivity contribution >= 4 is 28.9 Å². The van der Waals surface area contributed by atoms with Gasteiger partial charge in [0.2, 0.25) is 0 Å². The largest absolute Gasteiger partial charge is 0.373 e. The zero-order chi connectivity index (χ0) is 21.0. The van der Waals surface area contributed by atoms with E-state index in [1.54, 1.807) is 40.2 Å². The molecule has 0 aliphatic rings. The number of anilines is 3. The summed E-state index contributed by atoms with van der Waals surface area (Å²) in [5.41, 5.74) is 1.69. The first-order valence-corrected chi connectivity index (χ1v) is 8.95. The van der Waals surface area contributed by atoms with Crippen LogP contribution in [0.15, 0.2) is 18.5 Å². The molecule has 0 aliphatic heterocycles. The number of carbonyl (C=O) groups excluding carboxylic acids is 1. The highest BCUT2D eigenvalue weighted by atomic mass is 16.6. The minimum atomic E-state index is -0.438. The Hall–Kier alpha value is -3.23. The highest BCUT2D eigenvalue weighted by Crippen LogP contribution is 2.37. The average molecular weight is 386 g/mol. The maximum Gasteiger partial charge on any atom is 0.296 e. The molecule has 0 fully saturated rings. The Morgan fingerprint density at radius 1 is 1.25 bits per heavy atom. The average Bonchev–Trinajstić information content (AvgIpc) is 2.60. The number of hydrogen-bond donors (Lipinski definition) is 2. The van der Waals surface area contributed by atoms with Gasteiger partial charge in [-0.3, -0.25) is 14.9 Å². The second-order valence-corrected chi connectivity index (χ2v) is 7.16. The van der Waals surface area contributed by atoms with Crippen molar-refractivity contribution in [2.24, 2.45) is 5.92 Å². The lowest BCUT2D eigenvalue weighted by Gasteiger charge is -2.20. The lowest BCUT2D eigenvalue weighted by molar-refractivity contribution is -0.384. The zero-order valence-corrected chi connectivity index (χ0v) is 17.0. The number of nitrogens with one attached hydrogen (secondary N) is 2. The van der Waals surface area contributed by atoms with Gasteiger partial charge in [-0.05, 0) is 30.9 Å². The molecular weight excluding hydrogens is 360 g/mol. The lowest BCUT2D eigenvalue weighted by atomic mass is 9.91. The van der Waals surface area contributed by atoms with Gasteiger partial charge in [0.1, 0.15) is 23.7 Å². The lowest BCUT2D eigenvalue weighted by Crippen LogP contribution is -2.25. The van der Waals surface area contributed by atoms with Gasteiger partial charge in [0.15, 0.2) is 0 Å². The maximum atomic E-state index is 12.7. The smallest absolute Gasteiger partial charge is 0.296 e. The number of benzene rings is 1. The van der Waals surface area contributed by atoms with Crippen LogP contribution >= 0.6 is 0 Å². The van der Waals surface area contributed by atoms with Crippen molar-refractivity contribution in [3.8, 4) is 0 Å². The normalized spacial score (nSPS) is 10.7. The van der Waals surface area contributed by atoms with E-state index < -0.39 is 4.92 Å². The summed E-state index contributed by atoms with van der Waals surface area (Å²) in [4.78, 5) is 33.9. The standard InChI is InChI=1S/C19H26N6O3/c1-11(2)7-13-17(19(26)24(5)6)12(3)8-14(18(13)25(27)28)23-16-9-15(20-4)21-10-22-16/h8-11H,7H2,1-6H3,(H2,20,21,22,23). The first-order valence-electron chi connectivity index (χ1n) is 8.95. The molecule has 9 nitrogen and oxygen atoms in total. The molecule has 9 heteroatoms. The molecule has 2 N–H and O–H groups in total. The maximum absolute atomic E-state index is 12.7. The van der Waals surface area contributed by atoms with Crippen LogP contribution in [0.1, 0.15) is 35.3 Å².